The van der Waals surface area contributed by atoms with Gasteiger partial charge in [0.05, 0.1) is 6.33 Å². The number of nitrogens with one attached hydrogen (secondary N) is 2. The molecular weight excluding hydrogens is 360 g/mol. The molecule has 2 heterocycles. The Morgan fingerprint density at radius 2 is 1.93 bits per heavy atom. The van der Waals surface area contributed by atoms with Gasteiger partial charge < -0.3 is 9.88 Å². The van der Waals surface area contributed by atoms with Gasteiger partial charge in [-0.15, -0.1) is 0 Å². The molecule has 4 rings (SSSR count). The maximum absolute atomic E-state index is 12.4. The number of H-pyrrole nitrogens is 1. The number of anilines is 1. The van der Waals surface area contributed by atoms with E-state index in [0.29, 0.717) is 5.56 Å². The maximum Gasteiger partial charge on any atom is 0.255 e. The number of amides is 1. The SMILES string of the molecule is O=C(Nc1ccc(-n2ccnc2)cc1)c1ccc(CSc2ncn[nH]2)cc1. The first-order valence-corrected chi connectivity index (χ1v) is 9.23. The molecule has 0 bridgehead atoms. The van der Waals surface area contributed by atoms with Gasteiger partial charge in [0.2, 0.25) is 0 Å². The average Bonchev–Trinajstić information content (AvgIpc) is 3.41. The third-order valence-electron chi connectivity index (χ3n) is 3.91. The van der Waals surface area contributed by atoms with Crippen LogP contribution in [0.15, 0.2) is 78.7 Å². The van der Waals surface area contributed by atoms with Crippen molar-refractivity contribution in [2.24, 2.45) is 0 Å². The quantitative estimate of drug-likeness (QED) is 0.503. The predicted molar refractivity (Wildman–Crippen MR) is 104 cm³/mol. The van der Waals surface area contributed by atoms with E-state index >= 15 is 0 Å². The van der Waals surface area contributed by atoms with Crippen LogP contribution in [0.5, 0.6) is 0 Å². The second kappa shape index (κ2) is 7.88. The zero-order valence-corrected chi connectivity index (χ0v) is 15.1. The molecule has 0 fully saturated rings. The Morgan fingerprint density at radius 1 is 1.11 bits per heavy atom. The number of hydrogen-bond acceptors (Lipinski definition) is 5. The van der Waals surface area contributed by atoms with E-state index in [-0.39, 0.29) is 5.91 Å². The van der Waals surface area contributed by atoms with Gasteiger partial charge in [0, 0.05) is 35.1 Å². The van der Waals surface area contributed by atoms with Crippen molar-refractivity contribution in [1.82, 2.24) is 24.7 Å². The van der Waals surface area contributed by atoms with Crippen LogP contribution in [-0.4, -0.2) is 30.6 Å². The van der Waals surface area contributed by atoms with Gasteiger partial charge in [0.25, 0.3) is 5.91 Å². The highest BCUT2D eigenvalue weighted by Gasteiger charge is 2.07. The molecule has 134 valence electrons. The van der Waals surface area contributed by atoms with Crippen molar-refractivity contribution < 1.29 is 4.79 Å². The molecule has 27 heavy (non-hydrogen) atoms. The van der Waals surface area contributed by atoms with Crippen LogP contribution < -0.4 is 5.32 Å². The Morgan fingerprint density at radius 3 is 2.59 bits per heavy atom. The van der Waals surface area contributed by atoms with E-state index < -0.39 is 0 Å². The van der Waals surface area contributed by atoms with E-state index in [1.54, 1.807) is 24.3 Å². The molecule has 0 aliphatic heterocycles. The molecular formula is C19H16N6OS. The van der Waals surface area contributed by atoms with Crippen LogP contribution in [0.2, 0.25) is 0 Å². The van der Waals surface area contributed by atoms with E-state index in [4.69, 9.17) is 0 Å². The number of carbonyl (C=O) groups is 1. The first-order valence-electron chi connectivity index (χ1n) is 8.25. The van der Waals surface area contributed by atoms with E-state index in [0.717, 1.165) is 27.8 Å². The van der Waals surface area contributed by atoms with Crippen molar-refractivity contribution in [2.75, 3.05) is 5.32 Å². The maximum atomic E-state index is 12.4. The van der Waals surface area contributed by atoms with Crippen LogP contribution >= 0.6 is 11.8 Å². The number of thioether (sulfide) groups is 1. The Balaban J connectivity index is 1.36. The van der Waals surface area contributed by atoms with Gasteiger partial charge >= 0.3 is 0 Å². The Bertz CT molecular complexity index is 996. The second-order valence-electron chi connectivity index (χ2n) is 5.75. The standard InChI is InChI=1S/C19H16N6OS/c26-18(23-16-5-7-17(8-6-16)25-10-9-20-13-25)15-3-1-14(2-4-15)11-27-19-21-12-22-24-19/h1-10,12-13H,11H2,(H,23,26)(H,21,22,24). The largest absolute Gasteiger partial charge is 0.322 e. The molecule has 0 saturated heterocycles. The van der Waals surface area contributed by atoms with Crippen LogP contribution in [-0.2, 0) is 5.75 Å². The highest BCUT2D eigenvalue weighted by molar-refractivity contribution is 7.98. The van der Waals surface area contributed by atoms with Crippen molar-refractivity contribution in [3.8, 4) is 5.69 Å². The van der Waals surface area contributed by atoms with Crippen molar-refractivity contribution in [3.05, 3.63) is 84.7 Å². The summed E-state index contributed by atoms with van der Waals surface area (Å²) in [5, 5.41) is 10.3. The fourth-order valence-electron chi connectivity index (χ4n) is 2.50. The molecule has 0 atom stereocenters. The second-order valence-corrected chi connectivity index (χ2v) is 6.71. The molecule has 2 N–H and O–H groups in total. The normalized spacial score (nSPS) is 10.7. The van der Waals surface area contributed by atoms with E-state index in [1.165, 1.54) is 6.33 Å². The first kappa shape index (κ1) is 17.0. The monoisotopic (exact) mass is 376 g/mol. The summed E-state index contributed by atoms with van der Waals surface area (Å²) in [6, 6.07) is 15.1. The zero-order valence-electron chi connectivity index (χ0n) is 14.2. The Hall–Kier alpha value is -3.39. The summed E-state index contributed by atoms with van der Waals surface area (Å²) in [4.78, 5) is 20.5. The lowest BCUT2D eigenvalue weighted by Gasteiger charge is -2.08. The lowest BCUT2D eigenvalue weighted by atomic mass is 10.1. The van der Waals surface area contributed by atoms with Crippen LogP contribution in [0.1, 0.15) is 15.9 Å². The van der Waals surface area contributed by atoms with Crippen molar-refractivity contribution in [3.63, 3.8) is 0 Å². The van der Waals surface area contributed by atoms with Gasteiger partial charge in [-0.05, 0) is 42.0 Å². The van der Waals surface area contributed by atoms with Crippen molar-refractivity contribution in [2.45, 2.75) is 10.9 Å². The summed E-state index contributed by atoms with van der Waals surface area (Å²) >= 11 is 1.56. The minimum atomic E-state index is -0.139. The summed E-state index contributed by atoms with van der Waals surface area (Å²) in [6.45, 7) is 0. The third kappa shape index (κ3) is 4.24. The van der Waals surface area contributed by atoms with Crippen LogP contribution in [0.3, 0.4) is 0 Å². The predicted octanol–water partition coefficient (Wildman–Crippen LogP) is 3.54. The Kier molecular flexibility index (Phi) is 4.97. The summed E-state index contributed by atoms with van der Waals surface area (Å²) in [5.41, 5.74) is 3.45. The van der Waals surface area contributed by atoms with Gasteiger partial charge in [-0.3, -0.25) is 9.89 Å². The van der Waals surface area contributed by atoms with Gasteiger partial charge in [0.15, 0.2) is 5.16 Å². The molecule has 0 radical (unpaired) electrons. The van der Waals surface area contributed by atoms with Gasteiger partial charge in [-0.25, -0.2) is 9.97 Å². The third-order valence-corrected chi connectivity index (χ3v) is 4.86. The van der Waals surface area contributed by atoms with E-state index in [1.807, 2.05) is 59.3 Å². The molecule has 0 aliphatic carbocycles. The highest BCUT2D eigenvalue weighted by Crippen LogP contribution is 2.19. The number of benzene rings is 2. The first-order chi connectivity index (χ1) is 13.3. The topological polar surface area (TPSA) is 88.5 Å². The molecule has 8 heteroatoms. The smallest absolute Gasteiger partial charge is 0.255 e. The summed E-state index contributed by atoms with van der Waals surface area (Å²) in [7, 11) is 0. The highest BCUT2D eigenvalue weighted by atomic mass is 32.2. The van der Waals surface area contributed by atoms with Crippen LogP contribution in [0, 0.1) is 0 Å². The van der Waals surface area contributed by atoms with Gasteiger partial charge in [0.1, 0.15) is 6.33 Å². The fourth-order valence-corrected chi connectivity index (χ4v) is 3.23. The zero-order chi connectivity index (χ0) is 18.5. The van der Waals surface area contributed by atoms with E-state index in [2.05, 4.69) is 25.5 Å². The van der Waals surface area contributed by atoms with Crippen LogP contribution in [0.25, 0.3) is 5.69 Å². The summed E-state index contributed by atoms with van der Waals surface area (Å²) < 4.78 is 1.90. The number of rotatable bonds is 6. The lowest BCUT2D eigenvalue weighted by Crippen LogP contribution is -2.11. The number of imidazole rings is 1. The molecule has 2 aromatic carbocycles. The summed E-state index contributed by atoms with van der Waals surface area (Å²) in [5.74, 6) is 0.618. The minimum Gasteiger partial charge on any atom is -0.322 e. The average molecular weight is 376 g/mol. The molecule has 1 amide bonds. The molecule has 0 aliphatic rings. The molecule has 7 nitrogen and oxygen atoms in total. The number of carbonyl (C=O) groups excluding carboxylic acids is 1. The van der Waals surface area contributed by atoms with Crippen LogP contribution in [0.4, 0.5) is 5.69 Å². The molecule has 0 saturated carbocycles. The number of hydrogen-bond donors (Lipinski definition) is 2. The number of aromatic nitrogens is 5. The fraction of sp³-hybridized carbons (Fsp3) is 0.0526. The van der Waals surface area contributed by atoms with Gasteiger partial charge in [-0.1, -0.05) is 23.9 Å². The molecule has 2 aromatic heterocycles. The minimum absolute atomic E-state index is 0.139. The Labute approximate surface area is 159 Å². The van der Waals surface area contributed by atoms with Crippen molar-refractivity contribution in [1.29, 1.82) is 0 Å². The summed E-state index contributed by atoms with van der Waals surface area (Å²) in [6.07, 6.45) is 6.81. The van der Waals surface area contributed by atoms with E-state index in [9.17, 15) is 4.79 Å². The number of aromatic amines is 1. The van der Waals surface area contributed by atoms with Gasteiger partial charge in [-0.2, -0.15) is 5.10 Å². The van der Waals surface area contributed by atoms with Crippen molar-refractivity contribution >= 4 is 23.4 Å². The molecule has 0 unspecified atom stereocenters. The lowest BCUT2D eigenvalue weighted by molar-refractivity contribution is 0.102. The molecule has 4 aromatic rings. The number of nitrogens with zero attached hydrogens (tertiary/aromatic N) is 4. The molecule has 0 spiro atoms.